The summed E-state index contributed by atoms with van der Waals surface area (Å²) in [4.78, 5) is 0. The monoisotopic (exact) mass is 168 g/mol. The highest BCUT2D eigenvalue weighted by Crippen LogP contribution is 2.32. The van der Waals surface area contributed by atoms with Gasteiger partial charge in [-0.15, -0.1) is 23.2 Å². The summed E-state index contributed by atoms with van der Waals surface area (Å²) >= 11 is 11.8. The van der Waals surface area contributed by atoms with Crippen LogP contribution < -0.4 is 0 Å². The van der Waals surface area contributed by atoms with E-state index in [4.69, 9.17) is 23.2 Å². The minimum Gasteiger partial charge on any atom is -0.123 e. The summed E-state index contributed by atoms with van der Waals surface area (Å²) < 4.78 is 0. The van der Waals surface area contributed by atoms with Crippen molar-refractivity contribution in [1.82, 2.24) is 0 Å². The molecule has 0 aromatic rings. The third-order valence-corrected chi connectivity index (χ3v) is 3.18. The van der Waals surface area contributed by atoms with E-state index in [2.05, 4.69) is 13.8 Å². The van der Waals surface area contributed by atoms with Gasteiger partial charge in [0.15, 0.2) is 0 Å². The van der Waals surface area contributed by atoms with E-state index in [-0.39, 0.29) is 16.2 Å². The lowest BCUT2D eigenvalue weighted by atomic mass is 9.86. The molecular weight excluding hydrogens is 155 g/mol. The van der Waals surface area contributed by atoms with Crippen molar-refractivity contribution in [2.45, 2.75) is 38.4 Å². The normalized spacial score (nSPS) is 19.3. The topological polar surface area (TPSA) is 0 Å². The summed E-state index contributed by atoms with van der Waals surface area (Å²) in [6, 6.07) is 0. The van der Waals surface area contributed by atoms with Gasteiger partial charge in [-0.3, -0.25) is 0 Å². The van der Waals surface area contributed by atoms with Gasteiger partial charge >= 0.3 is 0 Å². The van der Waals surface area contributed by atoms with E-state index in [0.29, 0.717) is 0 Å². The largest absolute Gasteiger partial charge is 0.123 e. The van der Waals surface area contributed by atoms with E-state index >= 15 is 0 Å². The first kappa shape index (κ1) is 9.58. The summed E-state index contributed by atoms with van der Waals surface area (Å²) in [6.45, 7) is 8.09. The van der Waals surface area contributed by atoms with Gasteiger partial charge in [-0.25, -0.2) is 0 Å². The van der Waals surface area contributed by atoms with Crippen LogP contribution in [-0.4, -0.2) is 10.8 Å². The summed E-state index contributed by atoms with van der Waals surface area (Å²) in [6.07, 6.45) is 0. The Bertz CT molecular complexity index is 74.9. The van der Waals surface area contributed by atoms with Crippen LogP contribution in [0.1, 0.15) is 27.7 Å². The van der Waals surface area contributed by atoms with Gasteiger partial charge in [0.2, 0.25) is 0 Å². The van der Waals surface area contributed by atoms with Crippen molar-refractivity contribution in [3.8, 4) is 0 Å². The minimum atomic E-state index is 0.0309. The van der Waals surface area contributed by atoms with E-state index in [9.17, 15) is 0 Å². The van der Waals surface area contributed by atoms with Crippen LogP contribution in [0.5, 0.6) is 0 Å². The van der Waals surface area contributed by atoms with Crippen molar-refractivity contribution in [3.05, 3.63) is 0 Å². The van der Waals surface area contributed by atoms with E-state index in [0.717, 1.165) is 0 Å². The Kier molecular flexibility index (Phi) is 3.32. The molecule has 0 amide bonds. The maximum Gasteiger partial charge on any atom is 0.0372 e. The van der Waals surface area contributed by atoms with Crippen molar-refractivity contribution in [2.75, 3.05) is 0 Å². The number of hydrogen-bond donors (Lipinski definition) is 0. The van der Waals surface area contributed by atoms with Gasteiger partial charge in [0.1, 0.15) is 0 Å². The van der Waals surface area contributed by atoms with Crippen LogP contribution in [0, 0.1) is 5.41 Å². The average molecular weight is 169 g/mol. The summed E-state index contributed by atoms with van der Waals surface area (Å²) in [5.74, 6) is 0. The highest BCUT2D eigenvalue weighted by molar-refractivity contribution is 6.24. The second-order valence-electron chi connectivity index (χ2n) is 3.05. The Morgan fingerprint density at radius 2 is 1.22 bits per heavy atom. The fraction of sp³-hybridized carbons (Fsp3) is 1.00. The van der Waals surface area contributed by atoms with Crippen molar-refractivity contribution >= 4 is 23.2 Å². The van der Waals surface area contributed by atoms with E-state index in [1.165, 1.54) is 0 Å². The fourth-order valence-electron chi connectivity index (χ4n) is 0.316. The van der Waals surface area contributed by atoms with E-state index < -0.39 is 0 Å². The standard InChI is InChI=1S/C7H14Cl2/c1-5(8)7(3,4)6(2)9/h5-6H,1-4H3. The van der Waals surface area contributed by atoms with Gasteiger partial charge in [-0.1, -0.05) is 13.8 Å². The molecule has 56 valence electrons. The molecule has 0 aromatic heterocycles. The van der Waals surface area contributed by atoms with Gasteiger partial charge < -0.3 is 0 Å². The number of hydrogen-bond acceptors (Lipinski definition) is 0. The molecule has 0 heterocycles. The van der Waals surface area contributed by atoms with Crippen LogP contribution in [0.3, 0.4) is 0 Å². The molecule has 2 atom stereocenters. The van der Waals surface area contributed by atoms with Crippen molar-refractivity contribution in [1.29, 1.82) is 0 Å². The van der Waals surface area contributed by atoms with Crippen LogP contribution in [0.2, 0.25) is 0 Å². The Morgan fingerprint density at radius 1 is 1.00 bits per heavy atom. The average Bonchev–Trinajstić information content (AvgIpc) is 1.65. The molecule has 0 spiro atoms. The second-order valence-corrected chi connectivity index (χ2v) is 4.36. The SMILES string of the molecule is CC(Cl)C(C)(C)C(C)Cl. The molecule has 0 rings (SSSR count). The molecule has 2 heteroatoms. The molecule has 0 N–H and O–H groups in total. The molecule has 0 aliphatic rings. The minimum absolute atomic E-state index is 0.0309. The van der Waals surface area contributed by atoms with Gasteiger partial charge in [-0.05, 0) is 19.3 Å². The van der Waals surface area contributed by atoms with Gasteiger partial charge in [0, 0.05) is 10.8 Å². The number of alkyl halides is 2. The van der Waals surface area contributed by atoms with Crippen LogP contribution in [-0.2, 0) is 0 Å². The zero-order valence-corrected chi connectivity index (χ0v) is 7.92. The molecule has 0 nitrogen and oxygen atoms in total. The fourth-order valence-corrected chi connectivity index (χ4v) is 0.759. The van der Waals surface area contributed by atoms with Gasteiger partial charge in [-0.2, -0.15) is 0 Å². The highest BCUT2D eigenvalue weighted by atomic mass is 35.5. The first-order valence-corrected chi connectivity index (χ1v) is 4.04. The zero-order valence-electron chi connectivity index (χ0n) is 6.41. The van der Waals surface area contributed by atoms with Crippen LogP contribution in [0.15, 0.2) is 0 Å². The molecule has 0 bridgehead atoms. The van der Waals surface area contributed by atoms with E-state index in [1.807, 2.05) is 13.8 Å². The van der Waals surface area contributed by atoms with Crippen molar-refractivity contribution in [3.63, 3.8) is 0 Å². The summed E-state index contributed by atoms with van der Waals surface area (Å²) in [5, 5.41) is 0.259. The van der Waals surface area contributed by atoms with Gasteiger partial charge in [0.05, 0.1) is 0 Å². The Balaban J connectivity index is 4.01. The lowest BCUT2D eigenvalue weighted by molar-refractivity contribution is 0.352. The zero-order chi connectivity index (χ0) is 7.65. The van der Waals surface area contributed by atoms with Gasteiger partial charge in [0.25, 0.3) is 0 Å². The summed E-state index contributed by atoms with van der Waals surface area (Å²) in [7, 11) is 0. The maximum atomic E-state index is 5.88. The smallest absolute Gasteiger partial charge is 0.0372 e. The second kappa shape index (κ2) is 3.12. The number of rotatable bonds is 2. The van der Waals surface area contributed by atoms with Crippen molar-refractivity contribution < 1.29 is 0 Å². The molecule has 0 saturated heterocycles. The first-order chi connectivity index (χ1) is 3.89. The van der Waals surface area contributed by atoms with E-state index in [1.54, 1.807) is 0 Å². The quantitative estimate of drug-likeness (QED) is 0.556. The maximum absolute atomic E-state index is 5.88. The first-order valence-electron chi connectivity index (χ1n) is 3.17. The molecular formula is C7H14Cl2. The summed E-state index contributed by atoms with van der Waals surface area (Å²) in [5.41, 5.74) is 0.0309. The molecule has 0 aliphatic carbocycles. The lowest BCUT2D eigenvalue weighted by Gasteiger charge is -2.29. The highest BCUT2D eigenvalue weighted by Gasteiger charge is 2.29. The molecule has 2 unspecified atom stereocenters. The molecule has 0 radical (unpaired) electrons. The predicted molar refractivity (Wildman–Crippen MR) is 44.4 cm³/mol. The molecule has 9 heavy (non-hydrogen) atoms. The van der Waals surface area contributed by atoms with Crippen molar-refractivity contribution in [2.24, 2.45) is 5.41 Å². The molecule has 0 aliphatic heterocycles. The Hall–Kier alpha value is 0.580. The predicted octanol–water partition coefficient (Wildman–Crippen LogP) is 3.27. The third-order valence-electron chi connectivity index (χ3n) is 2.05. The molecule has 0 saturated carbocycles. The number of halogens is 2. The van der Waals surface area contributed by atoms with Crippen LogP contribution in [0.25, 0.3) is 0 Å². The Morgan fingerprint density at radius 3 is 1.22 bits per heavy atom. The van der Waals surface area contributed by atoms with Crippen LogP contribution in [0.4, 0.5) is 0 Å². The van der Waals surface area contributed by atoms with Crippen LogP contribution >= 0.6 is 23.2 Å². The lowest BCUT2D eigenvalue weighted by Crippen LogP contribution is -2.30. The Labute approximate surface area is 67.5 Å². The third kappa shape index (κ3) is 2.35. The molecule has 0 fully saturated rings. The molecule has 0 aromatic carbocycles.